The Morgan fingerprint density at radius 3 is 2.77 bits per heavy atom. The number of nitrogen functional groups attached to an aromatic ring is 1. The average molecular weight is 406 g/mol. The Morgan fingerprint density at radius 1 is 1.23 bits per heavy atom. The second-order valence-electron chi connectivity index (χ2n) is 8.48. The minimum Gasteiger partial charge on any atom is -0.383 e. The molecule has 0 saturated heterocycles. The van der Waals surface area contributed by atoms with Crippen LogP contribution in [0.4, 0.5) is 5.82 Å². The van der Waals surface area contributed by atoms with E-state index in [-0.39, 0.29) is 11.4 Å². The summed E-state index contributed by atoms with van der Waals surface area (Å²) in [5.41, 5.74) is 9.66. The predicted molar refractivity (Wildman–Crippen MR) is 119 cm³/mol. The van der Waals surface area contributed by atoms with Crippen LogP contribution in [0.25, 0.3) is 33.2 Å². The van der Waals surface area contributed by atoms with Crippen molar-refractivity contribution in [3.05, 3.63) is 36.3 Å². The smallest absolute Gasteiger partial charge is 0.267 e. The van der Waals surface area contributed by atoms with Gasteiger partial charge in [-0.3, -0.25) is 4.79 Å². The second kappa shape index (κ2) is 7.44. The van der Waals surface area contributed by atoms with Crippen molar-refractivity contribution in [1.29, 1.82) is 0 Å². The van der Waals surface area contributed by atoms with Gasteiger partial charge < -0.3 is 16.0 Å². The van der Waals surface area contributed by atoms with Crippen LogP contribution in [0.5, 0.6) is 0 Å². The first-order chi connectivity index (χ1) is 14.3. The van der Waals surface area contributed by atoms with Crippen molar-refractivity contribution in [2.75, 3.05) is 12.3 Å². The number of amides is 1. The summed E-state index contributed by atoms with van der Waals surface area (Å²) in [6.45, 7) is 8.97. The van der Waals surface area contributed by atoms with Crippen LogP contribution < -0.4 is 11.1 Å². The Morgan fingerprint density at radius 2 is 2.03 bits per heavy atom. The third kappa shape index (κ3) is 3.49. The summed E-state index contributed by atoms with van der Waals surface area (Å²) in [4.78, 5) is 24.2. The van der Waals surface area contributed by atoms with E-state index in [4.69, 9.17) is 10.8 Å². The summed E-state index contributed by atoms with van der Waals surface area (Å²) in [5.74, 6) is 0.300. The number of aromatic amines is 1. The molecule has 4 aromatic rings. The number of hydrogen-bond acceptors (Lipinski definition) is 5. The van der Waals surface area contributed by atoms with Crippen molar-refractivity contribution in [2.45, 2.75) is 46.1 Å². The van der Waals surface area contributed by atoms with Crippen LogP contribution in [-0.4, -0.2) is 37.2 Å². The first-order valence-corrected chi connectivity index (χ1v) is 10.2. The minimum absolute atomic E-state index is 0.0960. The Kier molecular flexibility index (Phi) is 4.93. The molecule has 0 unspecified atom stereocenters. The molecule has 4 N–H and O–H groups in total. The quantitative estimate of drug-likeness (QED) is 0.436. The molecule has 1 amide bonds. The number of aromatic nitrogens is 5. The van der Waals surface area contributed by atoms with E-state index >= 15 is 0 Å². The molecule has 0 aliphatic carbocycles. The van der Waals surface area contributed by atoms with Gasteiger partial charge in [0, 0.05) is 23.0 Å². The highest BCUT2D eigenvalue weighted by molar-refractivity contribution is 6.02. The molecule has 30 heavy (non-hydrogen) atoms. The zero-order valence-electron chi connectivity index (χ0n) is 17.8. The first-order valence-electron chi connectivity index (χ1n) is 10.2. The molecule has 8 heteroatoms. The third-order valence-corrected chi connectivity index (χ3v) is 5.09. The molecule has 156 valence electrons. The van der Waals surface area contributed by atoms with Crippen molar-refractivity contribution in [3.8, 4) is 11.3 Å². The monoisotopic (exact) mass is 405 g/mol. The lowest BCUT2D eigenvalue weighted by molar-refractivity contribution is 0.0949. The van der Waals surface area contributed by atoms with Crippen LogP contribution in [0.1, 0.15) is 51.0 Å². The zero-order chi connectivity index (χ0) is 21.5. The van der Waals surface area contributed by atoms with Gasteiger partial charge in [-0.2, -0.15) is 5.10 Å². The maximum atomic E-state index is 12.4. The van der Waals surface area contributed by atoms with Gasteiger partial charge in [-0.25, -0.2) is 14.6 Å². The normalized spacial score (nSPS) is 12.0. The highest BCUT2D eigenvalue weighted by Crippen LogP contribution is 2.34. The van der Waals surface area contributed by atoms with Crippen molar-refractivity contribution < 1.29 is 4.79 Å². The van der Waals surface area contributed by atoms with Gasteiger partial charge in [-0.15, -0.1) is 0 Å². The standard InChI is InChI=1S/C22H27N7O/c1-5-6-9-24-21(30)16-10-13-7-8-14(11-15(13)27-16)18-17-19(23)25-12-26-20(17)29(28-18)22(2,3)4/h7-8,10-12,27H,5-6,9H2,1-4H3,(H,24,30)(H2,23,25,26). The number of benzene rings is 1. The summed E-state index contributed by atoms with van der Waals surface area (Å²) >= 11 is 0. The number of nitrogens with one attached hydrogen (secondary N) is 2. The molecule has 0 spiro atoms. The molecule has 1 aromatic carbocycles. The van der Waals surface area contributed by atoms with E-state index in [0.29, 0.717) is 23.7 Å². The molecular formula is C22H27N7O. The molecule has 3 heterocycles. The van der Waals surface area contributed by atoms with Crippen LogP contribution in [0.15, 0.2) is 30.6 Å². The van der Waals surface area contributed by atoms with Crippen LogP contribution in [0.3, 0.4) is 0 Å². The fourth-order valence-electron chi connectivity index (χ4n) is 3.51. The van der Waals surface area contributed by atoms with Gasteiger partial charge >= 0.3 is 0 Å². The van der Waals surface area contributed by atoms with E-state index < -0.39 is 0 Å². The number of carbonyl (C=O) groups is 1. The first kappa shape index (κ1) is 19.9. The Balaban J connectivity index is 1.79. The molecule has 0 radical (unpaired) electrons. The number of H-pyrrole nitrogens is 1. The van der Waals surface area contributed by atoms with Crippen LogP contribution in [0, 0.1) is 0 Å². The van der Waals surface area contributed by atoms with E-state index in [1.165, 1.54) is 6.33 Å². The number of hydrogen-bond donors (Lipinski definition) is 3. The molecule has 8 nitrogen and oxygen atoms in total. The zero-order valence-corrected chi connectivity index (χ0v) is 17.8. The van der Waals surface area contributed by atoms with Gasteiger partial charge in [-0.1, -0.05) is 25.5 Å². The fourth-order valence-corrected chi connectivity index (χ4v) is 3.51. The summed E-state index contributed by atoms with van der Waals surface area (Å²) < 4.78 is 1.88. The molecule has 0 aliphatic rings. The molecule has 0 saturated carbocycles. The van der Waals surface area contributed by atoms with Gasteiger partial charge in [0.05, 0.1) is 10.9 Å². The highest BCUT2D eigenvalue weighted by Gasteiger charge is 2.24. The number of carbonyl (C=O) groups excluding carboxylic acids is 1. The molecule has 0 atom stereocenters. The maximum Gasteiger partial charge on any atom is 0.267 e. The predicted octanol–water partition coefficient (Wildman–Crippen LogP) is 3.84. The van der Waals surface area contributed by atoms with Crippen molar-refractivity contribution in [1.82, 2.24) is 30.0 Å². The van der Waals surface area contributed by atoms with Crippen LogP contribution in [0.2, 0.25) is 0 Å². The SMILES string of the molecule is CCCCNC(=O)c1cc2ccc(-c3nn(C(C)(C)C)c4ncnc(N)c34)cc2[nH]1. The molecule has 3 aromatic heterocycles. The Labute approximate surface area is 174 Å². The lowest BCUT2D eigenvalue weighted by Gasteiger charge is -2.19. The van der Waals surface area contributed by atoms with E-state index in [1.54, 1.807) is 0 Å². The van der Waals surface area contributed by atoms with Gasteiger partial charge in [0.2, 0.25) is 0 Å². The van der Waals surface area contributed by atoms with E-state index in [0.717, 1.165) is 40.4 Å². The Hall–Kier alpha value is -3.42. The van der Waals surface area contributed by atoms with E-state index in [2.05, 4.69) is 48.0 Å². The molecule has 0 bridgehead atoms. The molecular weight excluding hydrogens is 378 g/mol. The minimum atomic E-state index is -0.266. The maximum absolute atomic E-state index is 12.4. The van der Waals surface area contributed by atoms with Gasteiger partial charge in [-0.05, 0) is 39.3 Å². The molecule has 0 fully saturated rings. The van der Waals surface area contributed by atoms with Gasteiger partial charge in [0.25, 0.3) is 5.91 Å². The summed E-state index contributed by atoms with van der Waals surface area (Å²) in [7, 11) is 0. The summed E-state index contributed by atoms with van der Waals surface area (Å²) in [6, 6.07) is 7.81. The molecule has 0 aliphatic heterocycles. The van der Waals surface area contributed by atoms with Crippen LogP contribution >= 0.6 is 0 Å². The molecule has 4 rings (SSSR count). The topological polar surface area (TPSA) is 115 Å². The number of rotatable bonds is 5. The van der Waals surface area contributed by atoms with Crippen molar-refractivity contribution in [3.63, 3.8) is 0 Å². The van der Waals surface area contributed by atoms with Crippen LogP contribution in [-0.2, 0) is 5.54 Å². The lowest BCUT2D eigenvalue weighted by Crippen LogP contribution is -2.24. The van der Waals surface area contributed by atoms with Gasteiger partial charge in [0.15, 0.2) is 5.65 Å². The lowest BCUT2D eigenvalue weighted by atomic mass is 10.1. The fraction of sp³-hybridized carbons (Fsp3) is 0.364. The summed E-state index contributed by atoms with van der Waals surface area (Å²) in [6.07, 6.45) is 3.46. The average Bonchev–Trinajstić information content (AvgIpc) is 3.29. The number of unbranched alkanes of at least 4 members (excludes halogenated alkanes) is 1. The van der Waals surface area contributed by atoms with Gasteiger partial charge in [0.1, 0.15) is 23.5 Å². The number of nitrogens with two attached hydrogens (primary N) is 1. The number of anilines is 1. The highest BCUT2D eigenvalue weighted by atomic mass is 16.1. The number of nitrogens with zero attached hydrogens (tertiary/aromatic N) is 4. The van der Waals surface area contributed by atoms with E-state index in [9.17, 15) is 4.79 Å². The van der Waals surface area contributed by atoms with Crippen molar-refractivity contribution in [2.24, 2.45) is 0 Å². The number of fused-ring (bicyclic) bond motifs is 2. The largest absolute Gasteiger partial charge is 0.383 e. The Bertz CT molecular complexity index is 1230. The van der Waals surface area contributed by atoms with Crippen molar-refractivity contribution >= 4 is 33.7 Å². The second-order valence-corrected chi connectivity index (χ2v) is 8.48. The summed E-state index contributed by atoms with van der Waals surface area (Å²) in [5, 5.41) is 9.46. The third-order valence-electron chi connectivity index (χ3n) is 5.09. The van der Waals surface area contributed by atoms with E-state index in [1.807, 2.05) is 28.9 Å².